The second-order valence-electron chi connectivity index (χ2n) is 6.36. The molecule has 5 heteroatoms. The molecule has 1 amide bonds. The molecule has 2 saturated heterocycles. The molecule has 1 aromatic carbocycles. The standard InChI is InChI=1S/C17H24N2O2.ClH/c1-12(13-3-5-16(21-2)6-4-13)7-17(20)19-10-14-8-18-9-15(14)11-19;/h3-6,12,14-15,18H,7-11H2,1-2H3;1H/t12?,14-,15+;. The van der Waals surface area contributed by atoms with Gasteiger partial charge in [0.05, 0.1) is 7.11 Å². The number of nitrogens with zero attached hydrogens (tertiary/aromatic N) is 1. The molecule has 3 atom stereocenters. The molecule has 1 aromatic rings. The Morgan fingerprint density at radius 3 is 2.41 bits per heavy atom. The lowest BCUT2D eigenvalue weighted by Gasteiger charge is -2.20. The highest BCUT2D eigenvalue weighted by Crippen LogP contribution is 2.29. The molecular formula is C17H25ClN2O2. The summed E-state index contributed by atoms with van der Waals surface area (Å²) in [6.45, 7) is 6.14. The van der Waals surface area contributed by atoms with Gasteiger partial charge in [-0.15, -0.1) is 12.4 Å². The summed E-state index contributed by atoms with van der Waals surface area (Å²) in [6.07, 6.45) is 0.596. The fourth-order valence-corrected chi connectivity index (χ4v) is 3.50. The molecule has 122 valence electrons. The molecule has 0 aliphatic carbocycles. The Hall–Kier alpha value is -1.26. The van der Waals surface area contributed by atoms with E-state index in [1.807, 2.05) is 12.1 Å². The van der Waals surface area contributed by atoms with Crippen LogP contribution in [-0.4, -0.2) is 44.1 Å². The first-order valence-electron chi connectivity index (χ1n) is 7.80. The van der Waals surface area contributed by atoms with Crippen LogP contribution in [0.2, 0.25) is 0 Å². The number of likely N-dealkylation sites (tertiary alicyclic amines) is 1. The van der Waals surface area contributed by atoms with Gasteiger partial charge in [-0.1, -0.05) is 19.1 Å². The summed E-state index contributed by atoms with van der Waals surface area (Å²) in [5, 5.41) is 3.41. The number of nitrogens with one attached hydrogen (secondary N) is 1. The molecule has 1 N–H and O–H groups in total. The van der Waals surface area contributed by atoms with Crippen molar-refractivity contribution in [1.29, 1.82) is 0 Å². The molecular weight excluding hydrogens is 300 g/mol. The van der Waals surface area contributed by atoms with Gasteiger partial charge in [0, 0.05) is 32.6 Å². The molecule has 0 saturated carbocycles. The van der Waals surface area contributed by atoms with E-state index in [1.165, 1.54) is 5.56 Å². The molecule has 3 rings (SSSR count). The van der Waals surface area contributed by atoms with E-state index in [2.05, 4.69) is 29.3 Å². The van der Waals surface area contributed by atoms with Gasteiger partial charge in [0.25, 0.3) is 0 Å². The Labute approximate surface area is 138 Å². The molecule has 2 aliphatic rings. The van der Waals surface area contributed by atoms with E-state index in [1.54, 1.807) is 7.11 Å². The maximum atomic E-state index is 12.5. The van der Waals surface area contributed by atoms with Crippen LogP contribution in [0.5, 0.6) is 5.75 Å². The van der Waals surface area contributed by atoms with Gasteiger partial charge in [-0.2, -0.15) is 0 Å². The average molecular weight is 325 g/mol. The predicted molar refractivity (Wildman–Crippen MR) is 89.7 cm³/mol. The minimum atomic E-state index is 0. The Morgan fingerprint density at radius 2 is 1.86 bits per heavy atom. The zero-order chi connectivity index (χ0) is 14.8. The number of carbonyl (C=O) groups is 1. The van der Waals surface area contributed by atoms with Crippen LogP contribution in [0.3, 0.4) is 0 Å². The van der Waals surface area contributed by atoms with E-state index < -0.39 is 0 Å². The lowest BCUT2D eigenvalue weighted by molar-refractivity contribution is -0.130. The van der Waals surface area contributed by atoms with Crippen LogP contribution in [0.4, 0.5) is 0 Å². The summed E-state index contributed by atoms with van der Waals surface area (Å²) in [7, 11) is 1.67. The number of amides is 1. The third kappa shape index (κ3) is 3.55. The van der Waals surface area contributed by atoms with Gasteiger partial charge in [-0.3, -0.25) is 4.79 Å². The second kappa shape index (κ2) is 7.34. The number of methoxy groups -OCH3 is 1. The van der Waals surface area contributed by atoms with E-state index in [4.69, 9.17) is 4.74 Å². The zero-order valence-corrected chi connectivity index (χ0v) is 14.1. The van der Waals surface area contributed by atoms with Crippen molar-refractivity contribution >= 4 is 18.3 Å². The molecule has 2 fully saturated rings. The number of fused-ring (bicyclic) bond motifs is 1. The summed E-state index contributed by atoms with van der Waals surface area (Å²) in [5.74, 6) is 2.75. The molecule has 0 aromatic heterocycles. The maximum absolute atomic E-state index is 12.5. The van der Waals surface area contributed by atoms with Crippen LogP contribution >= 0.6 is 12.4 Å². The highest BCUT2D eigenvalue weighted by Gasteiger charge is 2.38. The van der Waals surface area contributed by atoms with E-state index >= 15 is 0 Å². The quantitative estimate of drug-likeness (QED) is 0.924. The number of hydrogen-bond acceptors (Lipinski definition) is 3. The topological polar surface area (TPSA) is 41.6 Å². The van der Waals surface area contributed by atoms with Crippen LogP contribution in [0.15, 0.2) is 24.3 Å². The Bertz CT molecular complexity index is 494. The van der Waals surface area contributed by atoms with E-state index in [-0.39, 0.29) is 18.3 Å². The summed E-state index contributed by atoms with van der Waals surface area (Å²) in [4.78, 5) is 14.5. The van der Waals surface area contributed by atoms with Gasteiger partial charge in [0.1, 0.15) is 5.75 Å². The molecule has 4 nitrogen and oxygen atoms in total. The third-order valence-corrected chi connectivity index (χ3v) is 4.91. The molecule has 2 heterocycles. The van der Waals surface area contributed by atoms with Crippen molar-refractivity contribution in [3.8, 4) is 5.75 Å². The van der Waals surface area contributed by atoms with Crippen LogP contribution < -0.4 is 10.1 Å². The molecule has 0 spiro atoms. The number of benzene rings is 1. The first-order valence-corrected chi connectivity index (χ1v) is 7.80. The lowest BCUT2D eigenvalue weighted by Crippen LogP contribution is -2.32. The predicted octanol–water partition coefficient (Wildman–Crippen LogP) is 2.29. The third-order valence-electron chi connectivity index (χ3n) is 4.91. The Morgan fingerprint density at radius 1 is 1.27 bits per heavy atom. The SMILES string of the molecule is COc1ccc(C(C)CC(=O)N2C[C@H]3CNC[C@H]3C2)cc1.Cl. The van der Waals surface area contributed by atoms with Gasteiger partial charge in [-0.25, -0.2) is 0 Å². The van der Waals surface area contributed by atoms with Crippen LogP contribution in [0, 0.1) is 11.8 Å². The largest absolute Gasteiger partial charge is 0.497 e. The highest BCUT2D eigenvalue weighted by molar-refractivity contribution is 5.85. The maximum Gasteiger partial charge on any atom is 0.223 e. The Balaban J connectivity index is 0.00000176. The van der Waals surface area contributed by atoms with Crippen molar-refractivity contribution in [2.24, 2.45) is 11.8 Å². The number of hydrogen-bond donors (Lipinski definition) is 1. The summed E-state index contributed by atoms with van der Waals surface area (Å²) >= 11 is 0. The molecule has 1 unspecified atom stereocenters. The molecule has 22 heavy (non-hydrogen) atoms. The number of carbonyl (C=O) groups excluding carboxylic acids is 1. The Kier molecular flexibility index (Phi) is 5.70. The van der Waals surface area contributed by atoms with Crippen molar-refractivity contribution < 1.29 is 9.53 Å². The minimum Gasteiger partial charge on any atom is -0.497 e. The van der Waals surface area contributed by atoms with Crippen LogP contribution in [0.25, 0.3) is 0 Å². The number of ether oxygens (including phenoxy) is 1. The number of halogens is 1. The highest BCUT2D eigenvalue weighted by atomic mass is 35.5. The second-order valence-corrected chi connectivity index (χ2v) is 6.36. The summed E-state index contributed by atoms with van der Waals surface area (Å²) in [6, 6.07) is 8.03. The van der Waals surface area contributed by atoms with Crippen molar-refractivity contribution in [2.75, 3.05) is 33.3 Å². The fourth-order valence-electron chi connectivity index (χ4n) is 3.50. The van der Waals surface area contributed by atoms with Gasteiger partial charge >= 0.3 is 0 Å². The first kappa shape index (κ1) is 17.1. The zero-order valence-electron chi connectivity index (χ0n) is 13.2. The summed E-state index contributed by atoms with van der Waals surface area (Å²) in [5.41, 5.74) is 1.20. The van der Waals surface area contributed by atoms with Gasteiger partial charge in [0.15, 0.2) is 0 Å². The van der Waals surface area contributed by atoms with Gasteiger partial charge < -0.3 is 15.0 Å². The normalized spacial score (nSPS) is 24.5. The monoisotopic (exact) mass is 324 g/mol. The summed E-state index contributed by atoms with van der Waals surface area (Å²) < 4.78 is 5.17. The van der Waals surface area contributed by atoms with Crippen molar-refractivity contribution in [2.45, 2.75) is 19.3 Å². The van der Waals surface area contributed by atoms with Gasteiger partial charge in [0.2, 0.25) is 5.91 Å². The first-order chi connectivity index (χ1) is 10.2. The average Bonchev–Trinajstić information content (AvgIpc) is 3.08. The van der Waals surface area contributed by atoms with E-state index in [0.717, 1.165) is 31.9 Å². The van der Waals surface area contributed by atoms with E-state index in [9.17, 15) is 4.79 Å². The fraction of sp³-hybridized carbons (Fsp3) is 0.588. The van der Waals surface area contributed by atoms with Crippen molar-refractivity contribution in [3.05, 3.63) is 29.8 Å². The van der Waals surface area contributed by atoms with E-state index in [0.29, 0.717) is 24.2 Å². The molecule has 2 aliphatic heterocycles. The lowest BCUT2D eigenvalue weighted by atomic mass is 9.97. The molecule has 0 radical (unpaired) electrons. The van der Waals surface area contributed by atoms with Crippen molar-refractivity contribution in [3.63, 3.8) is 0 Å². The minimum absolute atomic E-state index is 0. The number of rotatable bonds is 4. The van der Waals surface area contributed by atoms with Gasteiger partial charge in [-0.05, 0) is 35.4 Å². The molecule has 0 bridgehead atoms. The van der Waals surface area contributed by atoms with Crippen LogP contribution in [-0.2, 0) is 4.79 Å². The van der Waals surface area contributed by atoms with Crippen LogP contribution in [0.1, 0.15) is 24.8 Å². The van der Waals surface area contributed by atoms with Crippen molar-refractivity contribution in [1.82, 2.24) is 10.2 Å². The smallest absolute Gasteiger partial charge is 0.223 e.